The van der Waals surface area contributed by atoms with Crippen LogP contribution in [0.15, 0.2) is 22.9 Å². The molecule has 0 N–H and O–H groups in total. The Morgan fingerprint density at radius 2 is 2.44 bits per heavy atom. The number of amides is 1. The lowest BCUT2D eigenvalue weighted by Crippen LogP contribution is -2.39. The molecule has 0 bridgehead atoms. The van der Waals surface area contributed by atoms with Crippen LogP contribution in [-0.2, 0) is 0 Å². The van der Waals surface area contributed by atoms with Crippen molar-refractivity contribution in [3.8, 4) is 0 Å². The van der Waals surface area contributed by atoms with E-state index < -0.39 is 0 Å². The van der Waals surface area contributed by atoms with E-state index in [0.29, 0.717) is 16.1 Å². The Morgan fingerprint density at radius 3 is 3.12 bits per heavy atom. The molecule has 1 aromatic rings. The number of likely N-dealkylation sites (tertiary alicyclic amines) is 1. The molecule has 1 atom stereocenters. The van der Waals surface area contributed by atoms with Crippen molar-refractivity contribution in [3.05, 3.63) is 28.5 Å². The highest BCUT2D eigenvalue weighted by molar-refractivity contribution is 9.10. The normalized spacial score (nSPS) is 20.9. The van der Waals surface area contributed by atoms with E-state index in [1.807, 2.05) is 11.0 Å². The number of hydrogen-bond acceptors (Lipinski definition) is 2. The second-order valence-corrected chi connectivity index (χ2v) is 5.09. The third-order valence-electron chi connectivity index (χ3n) is 2.93. The lowest BCUT2D eigenvalue weighted by molar-refractivity contribution is 0.0681. The summed E-state index contributed by atoms with van der Waals surface area (Å²) in [6.07, 6.45) is 4.00. The van der Waals surface area contributed by atoms with Gasteiger partial charge >= 0.3 is 0 Å². The summed E-state index contributed by atoms with van der Waals surface area (Å²) in [6, 6.07) is 3.62. The minimum Gasteiger partial charge on any atom is -0.338 e. The van der Waals surface area contributed by atoms with Crippen LogP contribution in [0.2, 0.25) is 0 Å². The number of carbonyl (C=O) groups excluding carboxylic acids is 1. The molecule has 4 heteroatoms. The fraction of sp³-hybridized carbons (Fsp3) is 0.500. The van der Waals surface area contributed by atoms with E-state index in [4.69, 9.17) is 0 Å². The van der Waals surface area contributed by atoms with Crippen molar-refractivity contribution in [1.82, 2.24) is 9.88 Å². The van der Waals surface area contributed by atoms with Crippen molar-refractivity contribution in [3.63, 3.8) is 0 Å². The molecule has 0 radical (unpaired) electrons. The zero-order valence-electron chi connectivity index (χ0n) is 9.32. The van der Waals surface area contributed by atoms with Crippen LogP contribution in [0.3, 0.4) is 0 Å². The van der Waals surface area contributed by atoms with E-state index in [0.717, 1.165) is 19.5 Å². The first kappa shape index (κ1) is 11.6. The van der Waals surface area contributed by atoms with Crippen LogP contribution in [0.4, 0.5) is 0 Å². The first-order valence-corrected chi connectivity index (χ1v) is 6.37. The van der Waals surface area contributed by atoms with E-state index in [1.165, 1.54) is 6.42 Å². The minimum absolute atomic E-state index is 0.0894. The maximum Gasteiger partial charge on any atom is 0.256 e. The second-order valence-electron chi connectivity index (χ2n) is 4.34. The summed E-state index contributed by atoms with van der Waals surface area (Å²) >= 11 is 3.32. The third kappa shape index (κ3) is 2.43. The molecule has 1 amide bonds. The van der Waals surface area contributed by atoms with Crippen LogP contribution in [0.25, 0.3) is 0 Å². The zero-order chi connectivity index (χ0) is 11.5. The van der Waals surface area contributed by atoms with Gasteiger partial charge in [-0.3, -0.25) is 4.79 Å². The SMILES string of the molecule is CC1CCCN(C(=O)c2cccnc2Br)C1. The quantitative estimate of drug-likeness (QED) is 0.742. The fourth-order valence-corrected chi connectivity index (χ4v) is 2.51. The molecular formula is C12H15BrN2O. The maximum absolute atomic E-state index is 12.2. The molecule has 0 spiro atoms. The van der Waals surface area contributed by atoms with Gasteiger partial charge in [0.25, 0.3) is 5.91 Å². The van der Waals surface area contributed by atoms with Gasteiger partial charge in [-0.25, -0.2) is 4.98 Å². The van der Waals surface area contributed by atoms with E-state index >= 15 is 0 Å². The monoisotopic (exact) mass is 282 g/mol. The van der Waals surface area contributed by atoms with Gasteiger partial charge in [0.15, 0.2) is 0 Å². The predicted molar refractivity (Wildman–Crippen MR) is 66.2 cm³/mol. The molecule has 1 aliphatic rings. The van der Waals surface area contributed by atoms with Crippen LogP contribution < -0.4 is 0 Å². The number of piperidine rings is 1. The molecule has 1 aliphatic heterocycles. The topological polar surface area (TPSA) is 33.2 Å². The first-order chi connectivity index (χ1) is 7.68. The summed E-state index contributed by atoms with van der Waals surface area (Å²) in [4.78, 5) is 18.2. The second kappa shape index (κ2) is 4.95. The molecule has 0 aliphatic carbocycles. The molecule has 2 rings (SSSR count). The van der Waals surface area contributed by atoms with Crippen molar-refractivity contribution < 1.29 is 4.79 Å². The molecule has 1 saturated heterocycles. The molecule has 1 unspecified atom stereocenters. The van der Waals surface area contributed by atoms with Crippen molar-refractivity contribution in [1.29, 1.82) is 0 Å². The van der Waals surface area contributed by atoms with Crippen LogP contribution in [0.5, 0.6) is 0 Å². The fourth-order valence-electron chi connectivity index (χ4n) is 2.09. The van der Waals surface area contributed by atoms with Crippen LogP contribution in [0.1, 0.15) is 30.1 Å². The van der Waals surface area contributed by atoms with Gasteiger partial charge in [-0.1, -0.05) is 6.92 Å². The number of aromatic nitrogens is 1. The number of rotatable bonds is 1. The average molecular weight is 283 g/mol. The third-order valence-corrected chi connectivity index (χ3v) is 3.57. The van der Waals surface area contributed by atoms with Crippen molar-refractivity contribution in [2.24, 2.45) is 5.92 Å². The first-order valence-electron chi connectivity index (χ1n) is 5.58. The largest absolute Gasteiger partial charge is 0.338 e. The lowest BCUT2D eigenvalue weighted by Gasteiger charge is -2.31. The highest BCUT2D eigenvalue weighted by Gasteiger charge is 2.23. The molecule has 0 aromatic carbocycles. The average Bonchev–Trinajstić information content (AvgIpc) is 2.29. The van der Waals surface area contributed by atoms with Crippen LogP contribution >= 0.6 is 15.9 Å². The van der Waals surface area contributed by atoms with E-state index in [1.54, 1.807) is 12.3 Å². The van der Waals surface area contributed by atoms with Crippen molar-refractivity contribution in [2.75, 3.05) is 13.1 Å². The molecule has 16 heavy (non-hydrogen) atoms. The van der Waals surface area contributed by atoms with Gasteiger partial charge in [-0.15, -0.1) is 0 Å². The summed E-state index contributed by atoms with van der Waals surface area (Å²) in [5.41, 5.74) is 0.664. The predicted octanol–water partition coefficient (Wildman–Crippen LogP) is 2.72. The summed E-state index contributed by atoms with van der Waals surface area (Å²) < 4.78 is 0.637. The zero-order valence-corrected chi connectivity index (χ0v) is 10.9. The van der Waals surface area contributed by atoms with E-state index in [2.05, 4.69) is 27.8 Å². The van der Waals surface area contributed by atoms with E-state index in [9.17, 15) is 4.79 Å². The Hall–Kier alpha value is -0.900. The Kier molecular flexibility index (Phi) is 3.59. The Morgan fingerprint density at radius 1 is 1.62 bits per heavy atom. The van der Waals surface area contributed by atoms with Crippen molar-refractivity contribution >= 4 is 21.8 Å². The molecule has 86 valence electrons. The molecular weight excluding hydrogens is 268 g/mol. The number of hydrogen-bond donors (Lipinski definition) is 0. The molecule has 3 nitrogen and oxygen atoms in total. The molecule has 1 fully saturated rings. The van der Waals surface area contributed by atoms with E-state index in [-0.39, 0.29) is 5.91 Å². The summed E-state index contributed by atoms with van der Waals surface area (Å²) in [6.45, 7) is 3.92. The molecule has 1 aromatic heterocycles. The Labute approximate surface area is 104 Å². The van der Waals surface area contributed by atoms with Crippen molar-refractivity contribution in [2.45, 2.75) is 19.8 Å². The van der Waals surface area contributed by atoms with Gasteiger partial charge in [0.1, 0.15) is 4.60 Å². The van der Waals surface area contributed by atoms with Gasteiger partial charge in [0.05, 0.1) is 5.56 Å². The van der Waals surface area contributed by atoms with Crippen LogP contribution in [0, 0.1) is 5.92 Å². The molecule has 2 heterocycles. The summed E-state index contributed by atoms with van der Waals surface area (Å²) in [5, 5.41) is 0. The van der Waals surface area contributed by atoms with Crippen LogP contribution in [-0.4, -0.2) is 28.9 Å². The summed E-state index contributed by atoms with van der Waals surface area (Å²) in [7, 11) is 0. The Bertz CT molecular complexity index is 394. The maximum atomic E-state index is 12.2. The smallest absolute Gasteiger partial charge is 0.256 e. The number of halogens is 1. The standard InChI is InChI=1S/C12H15BrN2O/c1-9-4-3-7-15(8-9)12(16)10-5-2-6-14-11(10)13/h2,5-6,9H,3-4,7-8H2,1H3. The van der Waals surface area contributed by atoms with Gasteiger partial charge in [0.2, 0.25) is 0 Å². The minimum atomic E-state index is 0.0894. The lowest BCUT2D eigenvalue weighted by atomic mass is 10.00. The van der Waals surface area contributed by atoms with Gasteiger partial charge in [-0.05, 0) is 46.8 Å². The van der Waals surface area contributed by atoms with Gasteiger partial charge < -0.3 is 4.90 Å². The highest BCUT2D eigenvalue weighted by Crippen LogP contribution is 2.20. The summed E-state index contributed by atoms with van der Waals surface area (Å²) in [5.74, 6) is 0.694. The van der Waals surface area contributed by atoms with Gasteiger partial charge in [-0.2, -0.15) is 0 Å². The molecule has 0 saturated carbocycles. The highest BCUT2D eigenvalue weighted by atomic mass is 79.9. The van der Waals surface area contributed by atoms with Gasteiger partial charge in [0, 0.05) is 19.3 Å². The Balaban J connectivity index is 2.16. The number of pyridine rings is 1. The number of carbonyl (C=O) groups is 1. The number of nitrogens with zero attached hydrogens (tertiary/aromatic N) is 2.